The topological polar surface area (TPSA) is 80.0 Å². The van der Waals surface area contributed by atoms with E-state index in [0.717, 1.165) is 23.6 Å². The molecule has 1 fully saturated rings. The second kappa shape index (κ2) is 5.09. The van der Waals surface area contributed by atoms with Gasteiger partial charge in [-0.25, -0.2) is 10.8 Å². The van der Waals surface area contributed by atoms with Gasteiger partial charge in [-0.2, -0.15) is 0 Å². The first-order chi connectivity index (χ1) is 9.67. The summed E-state index contributed by atoms with van der Waals surface area (Å²) in [7, 11) is 0. The summed E-state index contributed by atoms with van der Waals surface area (Å²) in [5.41, 5.74) is 2.96. The Bertz CT molecular complexity index is 649. The molecule has 1 aliphatic carbocycles. The molecule has 2 aromatic rings. The minimum absolute atomic E-state index is 0.135. The number of anilines is 1. The molecular weight excluding hydrogens is 252 g/mol. The standard InChI is InChI=1S/C15H18N4O/c1-9-6-11(7-9)17-15(20)13-8-10-4-2-3-5-12(10)14(18-13)19-16/h2-5,8-9,11H,6-7,16H2,1H3,(H,17,20)(H,18,19). The maximum atomic E-state index is 12.2. The minimum atomic E-state index is -0.135. The number of hydrazine groups is 1. The second-order valence-electron chi connectivity index (χ2n) is 5.47. The summed E-state index contributed by atoms with van der Waals surface area (Å²) in [6.45, 7) is 2.19. The molecule has 0 unspecified atom stereocenters. The highest BCUT2D eigenvalue weighted by molar-refractivity contribution is 6.00. The predicted octanol–water partition coefficient (Wildman–Crippen LogP) is 2.05. The molecule has 104 valence electrons. The van der Waals surface area contributed by atoms with E-state index in [4.69, 9.17) is 5.84 Å². The van der Waals surface area contributed by atoms with Crippen LogP contribution in [0.3, 0.4) is 0 Å². The van der Waals surface area contributed by atoms with E-state index in [9.17, 15) is 4.79 Å². The third kappa shape index (κ3) is 2.32. The van der Waals surface area contributed by atoms with Crippen molar-refractivity contribution in [1.82, 2.24) is 10.3 Å². The summed E-state index contributed by atoms with van der Waals surface area (Å²) in [5, 5.41) is 4.86. The van der Waals surface area contributed by atoms with Gasteiger partial charge in [0.1, 0.15) is 11.5 Å². The Labute approximate surface area is 117 Å². The molecule has 0 bridgehead atoms. The smallest absolute Gasteiger partial charge is 0.270 e. The molecule has 1 aromatic heterocycles. The molecule has 0 spiro atoms. The van der Waals surface area contributed by atoms with Crippen LogP contribution in [0.1, 0.15) is 30.3 Å². The molecule has 4 N–H and O–H groups in total. The molecule has 0 aliphatic heterocycles. The van der Waals surface area contributed by atoms with Gasteiger partial charge in [-0.3, -0.25) is 4.79 Å². The average Bonchev–Trinajstić information content (AvgIpc) is 2.44. The van der Waals surface area contributed by atoms with Crippen LogP contribution < -0.4 is 16.6 Å². The molecule has 3 rings (SSSR count). The number of hydrogen-bond donors (Lipinski definition) is 3. The Morgan fingerprint density at radius 2 is 2.10 bits per heavy atom. The number of nitrogens with one attached hydrogen (secondary N) is 2. The first-order valence-corrected chi connectivity index (χ1v) is 6.84. The third-order valence-electron chi connectivity index (χ3n) is 3.82. The Morgan fingerprint density at radius 1 is 1.35 bits per heavy atom. The van der Waals surface area contributed by atoms with Gasteiger partial charge < -0.3 is 10.7 Å². The summed E-state index contributed by atoms with van der Waals surface area (Å²) in [4.78, 5) is 16.5. The van der Waals surface area contributed by atoms with Gasteiger partial charge in [0.15, 0.2) is 0 Å². The van der Waals surface area contributed by atoms with E-state index >= 15 is 0 Å². The fourth-order valence-corrected chi connectivity index (χ4v) is 2.70. The quantitative estimate of drug-likeness (QED) is 0.589. The number of benzene rings is 1. The molecule has 1 amide bonds. The number of nitrogen functional groups attached to an aromatic ring is 1. The molecule has 1 saturated carbocycles. The van der Waals surface area contributed by atoms with Crippen LogP contribution in [0.15, 0.2) is 30.3 Å². The van der Waals surface area contributed by atoms with E-state index in [-0.39, 0.29) is 11.9 Å². The number of rotatable bonds is 3. The van der Waals surface area contributed by atoms with Crippen LogP contribution in [-0.2, 0) is 0 Å². The molecule has 1 heterocycles. The zero-order valence-electron chi connectivity index (χ0n) is 11.4. The maximum absolute atomic E-state index is 12.2. The van der Waals surface area contributed by atoms with E-state index < -0.39 is 0 Å². The fourth-order valence-electron chi connectivity index (χ4n) is 2.70. The first-order valence-electron chi connectivity index (χ1n) is 6.84. The lowest BCUT2D eigenvalue weighted by Crippen LogP contribution is -2.43. The zero-order chi connectivity index (χ0) is 14.1. The van der Waals surface area contributed by atoms with Gasteiger partial charge in [-0.15, -0.1) is 0 Å². The third-order valence-corrected chi connectivity index (χ3v) is 3.82. The van der Waals surface area contributed by atoms with E-state index in [0.29, 0.717) is 17.4 Å². The van der Waals surface area contributed by atoms with Crippen LogP contribution in [0, 0.1) is 5.92 Å². The van der Waals surface area contributed by atoms with Crippen LogP contribution in [0.2, 0.25) is 0 Å². The van der Waals surface area contributed by atoms with Crippen LogP contribution in [0.4, 0.5) is 5.82 Å². The Hall–Kier alpha value is -2.14. The van der Waals surface area contributed by atoms with Crippen molar-refractivity contribution in [3.63, 3.8) is 0 Å². The Balaban J connectivity index is 1.89. The van der Waals surface area contributed by atoms with Gasteiger partial charge in [0.2, 0.25) is 0 Å². The molecular formula is C15H18N4O. The van der Waals surface area contributed by atoms with E-state index in [1.54, 1.807) is 6.07 Å². The van der Waals surface area contributed by atoms with Crippen LogP contribution >= 0.6 is 0 Å². The van der Waals surface area contributed by atoms with Crippen LogP contribution in [0.25, 0.3) is 10.8 Å². The number of amides is 1. The van der Waals surface area contributed by atoms with Crippen molar-refractivity contribution in [3.8, 4) is 0 Å². The lowest BCUT2D eigenvalue weighted by atomic mass is 9.82. The highest BCUT2D eigenvalue weighted by atomic mass is 16.1. The molecule has 1 aromatic carbocycles. The van der Waals surface area contributed by atoms with Crippen molar-refractivity contribution < 1.29 is 4.79 Å². The van der Waals surface area contributed by atoms with Gasteiger partial charge in [-0.1, -0.05) is 31.2 Å². The molecule has 5 nitrogen and oxygen atoms in total. The number of carbonyl (C=O) groups excluding carboxylic acids is 1. The van der Waals surface area contributed by atoms with Crippen LogP contribution in [0.5, 0.6) is 0 Å². The summed E-state index contributed by atoms with van der Waals surface area (Å²) >= 11 is 0. The minimum Gasteiger partial charge on any atom is -0.348 e. The zero-order valence-corrected chi connectivity index (χ0v) is 11.4. The monoisotopic (exact) mass is 270 g/mol. The summed E-state index contributed by atoms with van der Waals surface area (Å²) in [6, 6.07) is 9.79. The van der Waals surface area contributed by atoms with Crippen molar-refractivity contribution >= 4 is 22.5 Å². The highest BCUT2D eigenvalue weighted by Gasteiger charge is 2.27. The predicted molar refractivity (Wildman–Crippen MR) is 79.2 cm³/mol. The summed E-state index contributed by atoms with van der Waals surface area (Å²) in [6.07, 6.45) is 2.09. The SMILES string of the molecule is CC1CC(NC(=O)c2cc3ccccc3c(NN)n2)C1. The maximum Gasteiger partial charge on any atom is 0.270 e. The van der Waals surface area contributed by atoms with Gasteiger partial charge in [0.25, 0.3) is 5.91 Å². The summed E-state index contributed by atoms with van der Waals surface area (Å²) < 4.78 is 0. The lowest BCUT2D eigenvalue weighted by molar-refractivity contribution is 0.0891. The molecule has 0 radical (unpaired) electrons. The van der Waals surface area contributed by atoms with Gasteiger partial charge in [-0.05, 0) is 30.2 Å². The molecule has 5 heteroatoms. The molecule has 20 heavy (non-hydrogen) atoms. The Morgan fingerprint density at radius 3 is 2.80 bits per heavy atom. The number of fused-ring (bicyclic) bond motifs is 1. The average molecular weight is 270 g/mol. The molecule has 0 atom stereocenters. The number of carbonyl (C=O) groups is 1. The number of nitrogens with zero attached hydrogens (tertiary/aromatic N) is 1. The van der Waals surface area contributed by atoms with Crippen molar-refractivity contribution in [1.29, 1.82) is 0 Å². The van der Waals surface area contributed by atoms with Gasteiger partial charge in [0.05, 0.1) is 0 Å². The van der Waals surface area contributed by atoms with E-state index in [1.807, 2.05) is 24.3 Å². The van der Waals surface area contributed by atoms with Crippen molar-refractivity contribution in [2.24, 2.45) is 11.8 Å². The first kappa shape index (κ1) is 12.9. The second-order valence-corrected chi connectivity index (χ2v) is 5.47. The van der Waals surface area contributed by atoms with Crippen molar-refractivity contribution in [2.45, 2.75) is 25.8 Å². The molecule has 0 saturated heterocycles. The number of nitrogens with two attached hydrogens (primary N) is 1. The van der Waals surface area contributed by atoms with Crippen LogP contribution in [-0.4, -0.2) is 16.9 Å². The molecule has 1 aliphatic rings. The number of pyridine rings is 1. The van der Waals surface area contributed by atoms with Gasteiger partial charge in [0, 0.05) is 11.4 Å². The largest absolute Gasteiger partial charge is 0.348 e. The Kier molecular flexibility index (Phi) is 3.28. The normalized spacial score (nSPS) is 21.3. The highest BCUT2D eigenvalue weighted by Crippen LogP contribution is 2.27. The van der Waals surface area contributed by atoms with Gasteiger partial charge >= 0.3 is 0 Å². The van der Waals surface area contributed by atoms with E-state index in [2.05, 4.69) is 22.7 Å². The van der Waals surface area contributed by atoms with E-state index in [1.165, 1.54) is 0 Å². The fraction of sp³-hybridized carbons (Fsp3) is 0.333. The lowest BCUT2D eigenvalue weighted by Gasteiger charge is -2.33. The number of aromatic nitrogens is 1. The summed E-state index contributed by atoms with van der Waals surface area (Å²) in [5.74, 6) is 6.59. The van der Waals surface area contributed by atoms with Crippen molar-refractivity contribution in [3.05, 3.63) is 36.0 Å². The van der Waals surface area contributed by atoms with Crippen molar-refractivity contribution in [2.75, 3.05) is 5.43 Å². The number of hydrogen-bond acceptors (Lipinski definition) is 4.